The Kier molecular flexibility index (Phi) is 4.78. The lowest BCUT2D eigenvalue weighted by Crippen LogP contribution is -2.63. The Bertz CT molecular complexity index is 441. The summed E-state index contributed by atoms with van der Waals surface area (Å²) in [6, 6.07) is 9.73. The van der Waals surface area contributed by atoms with Crippen molar-refractivity contribution in [2.75, 3.05) is 13.1 Å². The first-order valence-electron chi connectivity index (χ1n) is 7.35. The van der Waals surface area contributed by atoms with Crippen LogP contribution in [-0.2, 0) is 4.79 Å². The van der Waals surface area contributed by atoms with Gasteiger partial charge in [0.1, 0.15) is 0 Å². The molecular formula is C16H24N2O2. The minimum absolute atomic E-state index is 0.0946. The minimum atomic E-state index is -0.647. The fourth-order valence-corrected chi connectivity index (χ4v) is 2.77. The molecule has 1 unspecified atom stereocenters. The lowest BCUT2D eigenvalue weighted by atomic mass is 9.89. The van der Waals surface area contributed by atoms with Gasteiger partial charge in [0.25, 0.3) is 0 Å². The first-order chi connectivity index (χ1) is 9.54. The van der Waals surface area contributed by atoms with Gasteiger partial charge in [0.05, 0.1) is 18.7 Å². The van der Waals surface area contributed by atoms with Crippen LogP contribution >= 0.6 is 0 Å². The number of hydrogen-bond donors (Lipinski definition) is 2. The number of nitrogens with two attached hydrogens (primary N) is 1. The minimum Gasteiger partial charge on any atom is -0.386 e. The predicted octanol–water partition coefficient (Wildman–Crippen LogP) is 1.84. The van der Waals surface area contributed by atoms with E-state index < -0.39 is 5.60 Å². The van der Waals surface area contributed by atoms with E-state index >= 15 is 0 Å². The van der Waals surface area contributed by atoms with Gasteiger partial charge in [-0.2, -0.15) is 0 Å². The first kappa shape index (κ1) is 15.0. The number of benzene rings is 1. The van der Waals surface area contributed by atoms with Crippen molar-refractivity contribution in [3.8, 4) is 0 Å². The molecule has 1 saturated heterocycles. The Morgan fingerprint density at radius 2 is 2.05 bits per heavy atom. The first-order valence-corrected chi connectivity index (χ1v) is 7.35. The zero-order chi connectivity index (χ0) is 14.6. The Balaban J connectivity index is 1.74. The van der Waals surface area contributed by atoms with Crippen LogP contribution in [0.3, 0.4) is 0 Å². The molecule has 1 aliphatic heterocycles. The zero-order valence-corrected chi connectivity index (χ0v) is 12.1. The third kappa shape index (κ3) is 3.58. The SMILES string of the molecule is CCCC1(O)CN(C(=O)CCC(N)c2ccccc2)C1. The Labute approximate surface area is 120 Å². The lowest BCUT2D eigenvalue weighted by molar-refractivity contribution is -0.156. The number of likely N-dealkylation sites (tertiary alicyclic amines) is 1. The smallest absolute Gasteiger partial charge is 0.222 e. The van der Waals surface area contributed by atoms with Crippen LogP contribution in [0.25, 0.3) is 0 Å². The number of rotatable bonds is 6. The molecule has 1 aromatic rings. The van der Waals surface area contributed by atoms with Crippen molar-refractivity contribution in [3.05, 3.63) is 35.9 Å². The summed E-state index contributed by atoms with van der Waals surface area (Å²) >= 11 is 0. The number of carbonyl (C=O) groups excluding carboxylic acids is 1. The van der Waals surface area contributed by atoms with Gasteiger partial charge in [0.2, 0.25) is 5.91 Å². The molecule has 0 saturated carbocycles. The fourth-order valence-electron chi connectivity index (χ4n) is 2.77. The van der Waals surface area contributed by atoms with E-state index in [9.17, 15) is 9.90 Å². The van der Waals surface area contributed by atoms with Crippen molar-refractivity contribution in [1.82, 2.24) is 4.90 Å². The van der Waals surface area contributed by atoms with Crippen molar-refractivity contribution in [3.63, 3.8) is 0 Å². The maximum Gasteiger partial charge on any atom is 0.222 e. The summed E-state index contributed by atoms with van der Waals surface area (Å²) < 4.78 is 0. The van der Waals surface area contributed by atoms with Crippen LogP contribution in [0, 0.1) is 0 Å². The predicted molar refractivity (Wildman–Crippen MR) is 79.0 cm³/mol. The number of β-amino-alcohol motifs (C(OH)–C–C–N with tert-alkyl or cyclic N) is 1. The summed E-state index contributed by atoms with van der Waals surface area (Å²) in [6.45, 7) is 2.99. The normalized spacial score (nSPS) is 18.4. The monoisotopic (exact) mass is 276 g/mol. The van der Waals surface area contributed by atoms with Crippen LogP contribution in [-0.4, -0.2) is 34.6 Å². The molecule has 2 rings (SSSR count). The lowest BCUT2D eigenvalue weighted by Gasteiger charge is -2.46. The average Bonchev–Trinajstić information content (AvgIpc) is 2.43. The van der Waals surface area contributed by atoms with E-state index in [1.807, 2.05) is 37.3 Å². The molecule has 3 N–H and O–H groups in total. The Morgan fingerprint density at radius 1 is 1.40 bits per heavy atom. The summed E-state index contributed by atoms with van der Waals surface area (Å²) in [7, 11) is 0. The van der Waals surface area contributed by atoms with Gasteiger partial charge in [-0.25, -0.2) is 0 Å². The summed E-state index contributed by atoms with van der Waals surface area (Å²) in [5.41, 5.74) is 6.50. The van der Waals surface area contributed by atoms with Gasteiger partial charge in [0, 0.05) is 12.5 Å². The van der Waals surface area contributed by atoms with Crippen LogP contribution in [0.2, 0.25) is 0 Å². The van der Waals surface area contributed by atoms with Gasteiger partial charge >= 0.3 is 0 Å². The van der Waals surface area contributed by atoms with Crippen molar-refractivity contribution < 1.29 is 9.90 Å². The quantitative estimate of drug-likeness (QED) is 0.833. The number of nitrogens with zero attached hydrogens (tertiary/aromatic N) is 1. The van der Waals surface area contributed by atoms with Crippen molar-refractivity contribution >= 4 is 5.91 Å². The summed E-state index contributed by atoms with van der Waals surface area (Å²) in [5.74, 6) is 0.0946. The maximum atomic E-state index is 12.0. The second-order valence-corrected chi connectivity index (χ2v) is 5.78. The van der Waals surface area contributed by atoms with E-state index in [1.165, 1.54) is 0 Å². The van der Waals surface area contributed by atoms with Crippen molar-refractivity contribution in [2.24, 2.45) is 5.73 Å². The van der Waals surface area contributed by atoms with Gasteiger partial charge in [-0.15, -0.1) is 0 Å². The van der Waals surface area contributed by atoms with Crippen molar-refractivity contribution in [1.29, 1.82) is 0 Å². The van der Waals surface area contributed by atoms with Gasteiger partial charge < -0.3 is 15.7 Å². The molecule has 20 heavy (non-hydrogen) atoms. The molecule has 1 amide bonds. The average molecular weight is 276 g/mol. The molecule has 4 heteroatoms. The molecule has 1 atom stereocenters. The number of hydrogen-bond acceptors (Lipinski definition) is 3. The van der Waals surface area contributed by atoms with E-state index in [-0.39, 0.29) is 11.9 Å². The number of amides is 1. The summed E-state index contributed by atoms with van der Waals surface area (Å²) in [4.78, 5) is 13.7. The zero-order valence-electron chi connectivity index (χ0n) is 12.1. The third-order valence-corrected chi connectivity index (χ3v) is 3.94. The molecule has 0 aliphatic carbocycles. The molecule has 0 spiro atoms. The van der Waals surface area contributed by atoms with E-state index in [0.29, 0.717) is 25.9 Å². The second-order valence-electron chi connectivity index (χ2n) is 5.78. The summed E-state index contributed by atoms with van der Waals surface area (Å²) in [5, 5.41) is 10.1. The van der Waals surface area contributed by atoms with E-state index in [2.05, 4.69) is 0 Å². The summed E-state index contributed by atoms with van der Waals surface area (Å²) in [6.07, 6.45) is 2.79. The second kappa shape index (κ2) is 6.37. The largest absolute Gasteiger partial charge is 0.386 e. The van der Waals surface area contributed by atoms with Gasteiger partial charge in [0.15, 0.2) is 0 Å². The highest BCUT2D eigenvalue weighted by atomic mass is 16.3. The molecule has 1 aromatic carbocycles. The van der Waals surface area contributed by atoms with Crippen LogP contribution in [0.5, 0.6) is 0 Å². The number of aliphatic hydroxyl groups is 1. The highest BCUT2D eigenvalue weighted by Crippen LogP contribution is 2.27. The van der Waals surface area contributed by atoms with Gasteiger partial charge in [-0.05, 0) is 18.4 Å². The molecule has 110 valence electrons. The molecule has 1 heterocycles. The maximum absolute atomic E-state index is 12.0. The van der Waals surface area contributed by atoms with Gasteiger partial charge in [-0.3, -0.25) is 4.79 Å². The highest BCUT2D eigenvalue weighted by Gasteiger charge is 2.42. The fraction of sp³-hybridized carbons (Fsp3) is 0.562. The highest BCUT2D eigenvalue weighted by molar-refractivity contribution is 5.77. The molecule has 4 nitrogen and oxygen atoms in total. The topological polar surface area (TPSA) is 66.6 Å². The third-order valence-electron chi connectivity index (χ3n) is 3.94. The molecular weight excluding hydrogens is 252 g/mol. The Morgan fingerprint density at radius 3 is 2.65 bits per heavy atom. The molecule has 0 bridgehead atoms. The van der Waals surface area contributed by atoms with Crippen LogP contribution in [0.15, 0.2) is 30.3 Å². The van der Waals surface area contributed by atoms with Crippen molar-refractivity contribution in [2.45, 2.75) is 44.2 Å². The Hall–Kier alpha value is -1.39. The van der Waals surface area contributed by atoms with E-state index in [1.54, 1.807) is 4.90 Å². The van der Waals surface area contributed by atoms with Crippen LogP contribution in [0.4, 0.5) is 0 Å². The van der Waals surface area contributed by atoms with E-state index in [4.69, 9.17) is 5.73 Å². The van der Waals surface area contributed by atoms with Gasteiger partial charge in [-0.1, -0.05) is 43.7 Å². The van der Waals surface area contributed by atoms with E-state index in [0.717, 1.165) is 18.4 Å². The molecule has 0 aromatic heterocycles. The number of carbonyl (C=O) groups is 1. The van der Waals surface area contributed by atoms with Crippen LogP contribution < -0.4 is 5.73 Å². The van der Waals surface area contributed by atoms with Crippen LogP contribution in [0.1, 0.15) is 44.2 Å². The molecule has 1 aliphatic rings. The molecule has 0 radical (unpaired) electrons. The molecule has 1 fully saturated rings. The standard InChI is InChI=1S/C16H24N2O2/c1-2-10-16(20)11-18(12-16)15(19)9-8-14(17)13-6-4-3-5-7-13/h3-7,14,20H,2,8-12,17H2,1H3.